The number of pyridine rings is 1. The van der Waals surface area contributed by atoms with Crippen molar-refractivity contribution in [1.82, 2.24) is 9.99 Å². The van der Waals surface area contributed by atoms with Crippen LogP contribution >= 0.6 is 11.6 Å². The maximum atomic E-state index is 12.0. The molecule has 2 N–H and O–H groups in total. The van der Waals surface area contributed by atoms with Gasteiger partial charge in [-0.1, -0.05) is 11.6 Å². The van der Waals surface area contributed by atoms with Crippen LogP contribution in [0.3, 0.4) is 0 Å². The Hall–Kier alpha value is -2.24. The van der Waals surface area contributed by atoms with Gasteiger partial charge < -0.3 is 0 Å². The minimum absolute atomic E-state index is 0.248. The topological polar surface area (TPSA) is 76.3 Å². The molecule has 0 unspecified atom stereocenters. The fourth-order valence-corrected chi connectivity index (χ4v) is 1.65. The lowest BCUT2D eigenvalue weighted by Crippen LogP contribution is -2.33. The van der Waals surface area contributed by atoms with Crippen molar-refractivity contribution in [1.29, 1.82) is 0 Å². The number of rotatable bonds is 2. The molecule has 6 heteroatoms. The third-order valence-corrected chi connectivity index (χ3v) is 2.65. The van der Waals surface area contributed by atoms with Gasteiger partial charge in [0.1, 0.15) is 0 Å². The maximum Gasteiger partial charge on any atom is 0.272 e. The predicted molar refractivity (Wildman–Crippen MR) is 70.8 cm³/mol. The van der Waals surface area contributed by atoms with Gasteiger partial charge in [-0.3, -0.25) is 19.6 Å². The van der Waals surface area contributed by atoms with Crippen molar-refractivity contribution in [2.45, 2.75) is 0 Å². The smallest absolute Gasteiger partial charge is 0.272 e. The zero-order valence-corrected chi connectivity index (χ0v) is 10.5. The molecule has 1 heterocycles. The third kappa shape index (κ3) is 3.15. The molecule has 1 aliphatic rings. The molecule has 19 heavy (non-hydrogen) atoms. The Labute approximate surface area is 114 Å². The summed E-state index contributed by atoms with van der Waals surface area (Å²) < 4.78 is 0. The first-order valence-corrected chi connectivity index (χ1v) is 5.75. The SMILES string of the molecule is NN(C=C1C=C(Cl)C=CC1=O)C(=O)c1ccncc1. The highest BCUT2D eigenvalue weighted by molar-refractivity contribution is 6.33. The second kappa shape index (κ2) is 5.60. The Morgan fingerprint density at radius 1 is 1.32 bits per heavy atom. The van der Waals surface area contributed by atoms with Gasteiger partial charge in [-0.25, -0.2) is 5.84 Å². The molecule has 0 atom stereocenters. The number of halogens is 1. The van der Waals surface area contributed by atoms with Gasteiger partial charge in [0.2, 0.25) is 0 Å². The number of nitrogens with zero attached hydrogens (tertiary/aromatic N) is 2. The van der Waals surface area contributed by atoms with Crippen LogP contribution in [0.5, 0.6) is 0 Å². The van der Waals surface area contributed by atoms with E-state index in [0.717, 1.165) is 5.01 Å². The average molecular weight is 276 g/mol. The van der Waals surface area contributed by atoms with Crippen LogP contribution in [0.25, 0.3) is 0 Å². The Balaban J connectivity index is 2.22. The van der Waals surface area contributed by atoms with Gasteiger partial charge in [-0.05, 0) is 30.4 Å². The summed E-state index contributed by atoms with van der Waals surface area (Å²) in [4.78, 5) is 27.3. The first-order chi connectivity index (χ1) is 9.08. The summed E-state index contributed by atoms with van der Waals surface area (Å²) in [6, 6.07) is 3.07. The lowest BCUT2D eigenvalue weighted by molar-refractivity contribution is -0.111. The minimum atomic E-state index is -0.443. The molecule has 0 aliphatic heterocycles. The van der Waals surface area contributed by atoms with Gasteiger partial charge in [-0.2, -0.15) is 0 Å². The summed E-state index contributed by atoms with van der Waals surface area (Å²) in [6.45, 7) is 0. The average Bonchev–Trinajstić information content (AvgIpc) is 2.43. The van der Waals surface area contributed by atoms with E-state index in [4.69, 9.17) is 17.4 Å². The third-order valence-electron chi connectivity index (χ3n) is 2.41. The van der Waals surface area contributed by atoms with Crippen LogP contribution in [-0.4, -0.2) is 21.7 Å². The number of ketones is 1. The first-order valence-electron chi connectivity index (χ1n) is 5.37. The molecule has 0 bridgehead atoms. The fraction of sp³-hybridized carbons (Fsp3) is 0. The number of carbonyl (C=O) groups is 2. The Morgan fingerprint density at radius 3 is 2.68 bits per heavy atom. The molecule has 5 nitrogen and oxygen atoms in total. The molecule has 0 spiro atoms. The molecular formula is C13H10ClN3O2. The predicted octanol–water partition coefficient (Wildman–Crippen LogP) is 1.54. The zero-order chi connectivity index (χ0) is 13.8. The Bertz CT molecular complexity index is 606. The monoisotopic (exact) mass is 275 g/mol. The van der Waals surface area contributed by atoms with E-state index in [1.807, 2.05) is 0 Å². The van der Waals surface area contributed by atoms with Gasteiger partial charge in [0.25, 0.3) is 5.91 Å². The molecule has 1 aromatic heterocycles. The first kappa shape index (κ1) is 13.2. The van der Waals surface area contributed by atoms with Crippen molar-refractivity contribution in [3.8, 4) is 0 Å². The van der Waals surface area contributed by atoms with E-state index < -0.39 is 5.91 Å². The maximum absolute atomic E-state index is 12.0. The van der Waals surface area contributed by atoms with E-state index in [-0.39, 0.29) is 11.4 Å². The van der Waals surface area contributed by atoms with Crippen LogP contribution in [0.4, 0.5) is 0 Å². The van der Waals surface area contributed by atoms with Gasteiger partial charge in [0.05, 0.1) is 0 Å². The van der Waals surface area contributed by atoms with E-state index >= 15 is 0 Å². The normalized spacial score (nSPS) is 16.4. The van der Waals surface area contributed by atoms with E-state index in [1.54, 1.807) is 0 Å². The number of amides is 1. The van der Waals surface area contributed by atoms with Gasteiger partial charge in [-0.15, -0.1) is 0 Å². The second-order valence-corrected chi connectivity index (χ2v) is 4.20. The van der Waals surface area contributed by atoms with E-state index in [1.165, 1.54) is 49.0 Å². The number of allylic oxidation sites excluding steroid dienone is 5. The molecule has 0 radical (unpaired) electrons. The van der Waals surface area contributed by atoms with Crippen LogP contribution in [0, 0.1) is 0 Å². The standard InChI is InChI=1S/C13H10ClN3O2/c14-11-1-2-12(18)10(7-11)8-17(15)13(19)9-3-5-16-6-4-9/h1-8H,15H2. The summed E-state index contributed by atoms with van der Waals surface area (Å²) in [5.74, 6) is 4.92. The second-order valence-electron chi connectivity index (χ2n) is 3.76. The van der Waals surface area contributed by atoms with Gasteiger partial charge in [0, 0.05) is 34.8 Å². The molecule has 0 saturated heterocycles. The molecule has 1 aliphatic carbocycles. The molecular weight excluding hydrogens is 266 g/mol. The molecule has 0 aromatic carbocycles. The molecule has 1 amide bonds. The zero-order valence-electron chi connectivity index (χ0n) is 9.79. The van der Waals surface area contributed by atoms with E-state index in [2.05, 4.69) is 4.98 Å². The molecule has 0 saturated carbocycles. The number of hydrazine groups is 1. The largest absolute Gasteiger partial charge is 0.289 e. The summed E-state index contributed by atoms with van der Waals surface area (Å²) in [5, 5.41) is 1.25. The number of carbonyl (C=O) groups excluding carboxylic acids is 2. The van der Waals surface area contributed by atoms with E-state index in [9.17, 15) is 9.59 Å². The Kier molecular flexibility index (Phi) is 3.89. The lowest BCUT2D eigenvalue weighted by atomic mass is 10.1. The van der Waals surface area contributed by atoms with Crippen molar-refractivity contribution in [2.75, 3.05) is 0 Å². The quantitative estimate of drug-likeness (QED) is 0.384. The number of aromatic nitrogens is 1. The van der Waals surface area contributed by atoms with Crippen LogP contribution in [0.1, 0.15) is 10.4 Å². The molecule has 2 rings (SSSR count). The van der Waals surface area contributed by atoms with Crippen molar-refractivity contribution in [3.05, 3.63) is 65.1 Å². The summed E-state index contributed by atoms with van der Waals surface area (Å²) in [5.41, 5.74) is 0.626. The summed E-state index contributed by atoms with van der Waals surface area (Å²) >= 11 is 5.79. The Morgan fingerprint density at radius 2 is 2.00 bits per heavy atom. The number of hydrogen-bond acceptors (Lipinski definition) is 4. The number of nitrogens with two attached hydrogens (primary N) is 1. The summed E-state index contributed by atoms with van der Waals surface area (Å²) in [6.07, 6.45) is 8.46. The highest BCUT2D eigenvalue weighted by Gasteiger charge is 2.14. The highest BCUT2D eigenvalue weighted by Crippen LogP contribution is 2.16. The minimum Gasteiger partial charge on any atom is -0.289 e. The fourth-order valence-electron chi connectivity index (χ4n) is 1.47. The highest BCUT2D eigenvalue weighted by atomic mass is 35.5. The number of hydrogen-bond donors (Lipinski definition) is 1. The molecule has 1 aromatic rings. The summed E-state index contributed by atoms with van der Waals surface area (Å²) in [7, 11) is 0. The van der Waals surface area contributed by atoms with Crippen LogP contribution in [-0.2, 0) is 4.79 Å². The van der Waals surface area contributed by atoms with E-state index in [0.29, 0.717) is 10.6 Å². The lowest BCUT2D eigenvalue weighted by Gasteiger charge is -2.13. The van der Waals surface area contributed by atoms with Crippen LogP contribution in [0.2, 0.25) is 0 Å². The molecule has 0 fully saturated rings. The van der Waals surface area contributed by atoms with Gasteiger partial charge >= 0.3 is 0 Å². The van der Waals surface area contributed by atoms with Crippen LogP contribution < -0.4 is 5.84 Å². The van der Waals surface area contributed by atoms with Gasteiger partial charge in [0.15, 0.2) is 5.78 Å². The molecule has 96 valence electrons. The van der Waals surface area contributed by atoms with Crippen molar-refractivity contribution < 1.29 is 9.59 Å². The van der Waals surface area contributed by atoms with Crippen molar-refractivity contribution in [3.63, 3.8) is 0 Å². The van der Waals surface area contributed by atoms with Crippen molar-refractivity contribution >= 4 is 23.3 Å². The van der Waals surface area contributed by atoms with Crippen molar-refractivity contribution in [2.24, 2.45) is 5.84 Å². The van der Waals surface area contributed by atoms with Crippen LogP contribution in [0.15, 0.2) is 59.6 Å².